The molecular weight excluding hydrogens is 986 g/mol. The average molecular weight is 1040 g/mol. The maximum absolute atomic E-state index is 12.7. The van der Waals surface area contributed by atoms with Gasteiger partial charge in [0.1, 0.15) is 0 Å². The lowest BCUT2D eigenvalue weighted by Crippen LogP contribution is -2.38. The molecule has 0 aromatic heterocycles. The van der Waals surface area contributed by atoms with Crippen molar-refractivity contribution in [3.8, 4) is 0 Å². The summed E-state index contributed by atoms with van der Waals surface area (Å²) in [5.41, 5.74) is 1.38. The van der Waals surface area contributed by atoms with Crippen LogP contribution in [0.2, 0.25) is 0 Å². The summed E-state index contributed by atoms with van der Waals surface area (Å²) in [6.45, 7) is 5.08. The minimum atomic E-state index is -4.60. The molecule has 340 valence electrons. The second-order valence-electron chi connectivity index (χ2n) is 15.2. The lowest BCUT2D eigenvalue weighted by molar-refractivity contribution is -0.197. The van der Waals surface area contributed by atoms with Crippen molar-refractivity contribution in [3.05, 3.63) is 83.6 Å². The van der Waals surface area contributed by atoms with Gasteiger partial charge in [-0.1, -0.05) is 31.2 Å². The fourth-order valence-corrected chi connectivity index (χ4v) is 12.4. The minimum absolute atomic E-state index is 0.0466. The van der Waals surface area contributed by atoms with Gasteiger partial charge in [0.25, 0.3) is 42.2 Å². The first-order valence-electron chi connectivity index (χ1n) is 19.4. The molecule has 2 amide bonds. The molecule has 3 N–H and O–H groups in total. The van der Waals surface area contributed by atoms with Gasteiger partial charge < -0.3 is 22.3 Å². The second kappa shape index (κ2) is 19.9. The van der Waals surface area contributed by atoms with Crippen molar-refractivity contribution in [1.29, 1.82) is 0 Å². The summed E-state index contributed by atoms with van der Waals surface area (Å²) in [6.07, 6.45) is 9.62. The van der Waals surface area contributed by atoms with Crippen LogP contribution >= 0.6 is 21.0 Å². The number of benzene rings is 2. The first-order valence-corrected chi connectivity index (χ1v) is 25.9. The highest BCUT2D eigenvalue weighted by atomic mass is 127. The number of carbonyl (C=O) groups is 3. The summed E-state index contributed by atoms with van der Waals surface area (Å²) in [7, 11) is -10.4. The van der Waals surface area contributed by atoms with E-state index in [1.54, 1.807) is 37.5 Å². The smallest absolute Gasteiger partial charge is 0.333 e. The van der Waals surface area contributed by atoms with Crippen LogP contribution < -0.4 is 8.01 Å². The third kappa shape index (κ3) is 11.4. The Hall–Kier alpha value is -3.88. The van der Waals surface area contributed by atoms with Crippen LogP contribution in [0.3, 0.4) is 0 Å². The third-order valence-corrected chi connectivity index (χ3v) is 17.1. The van der Waals surface area contributed by atoms with Crippen LogP contribution in [0.4, 0.5) is 11.4 Å². The molecule has 3 aliphatic heterocycles. The number of allylic oxidation sites excluding steroid dienone is 6. The number of ether oxygens (including phenoxy) is 2. The van der Waals surface area contributed by atoms with E-state index in [-0.39, 0.29) is 61.5 Å². The van der Waals surface area contributed by atoms with E-state index in [0.29, 0.717) is 52.8 Å². The first kappa shape index (κ1) is 49.1. The Morgan fingerprint density at radius 3 is 1.95 bits per heavy atom. The van der Waals surface area contributed by atoms with E-state index in [9.17, 15) is 53.3 Å². The van der Waals surface area contributed by atoms with Crippen LogP contribution in [-0.2, 0) is 69.9 Å². The largest absolute Gasteiger partial charge is 0.385 e. The first-order chi connectivity index (χ1) is 29.0. The number of amides is 2. The maximum atomic E-state index is 12.7. The van der Waals surface area contributed by atoms with Gasteiger partial charge in [0, 0.05) is 99.0 Å². The van der Waals surface area contributed by atoms with Crippen LogP contribution in [0.1, 0.15) is 69.9 Å². The summed E-state index contributed by atoms with van der Waals surface area (Å²) in [5.74, 6) is -2.50. The zero-order valence-corrected chi connectivity index (χ0v) is 39.1. The summed E-state index contributed by atoms with van der Waals surface area (Å²) < 4.78 is 116. The standard InChI is InChI=1S/C40H50IN3O15S3/c1-39(19-9-25-60(48,49)50)31-27-29(62(54,55)56)14-16-33(31)43(22-24-58-4)41-34(39)10-6-5-7-11-35-40(2,20-23-57-3)30-26-28(61(51,52)53)13-15-32(30)42(35)21-8-12-38(47)59-44-36(45)17-18-37(44)46/h5-7,10-11,13-16,26-27H,8-9,12,17-25H2,1-4H3,(H,48,49,50)(H,51,52,53)(H,54,55,56)/b7-5+,10-6+,35-11+. The van der Waals surface area contributed by atoms with E-state index < -0.39 is 85.7 Å². The second-order valence-corrected chi connectivity index (χ2v) is 22.4. The Balaban J connectivity index is 1.52. The fraction of sp³-hybridized carbons (Fsp3) is 0.450. The predicted molar refractivity (Wildman–Crippen MR) is 238 cm³/mol. The van der Waals surface area contributed by atoms with E-state index in [1.165, 1.54) is 31.4 Å². The SMILES string of the molecule is COCCN1I=C(/C=C/C=C/C=C2/N(CCCC(=O)ON3C(=O)CCC3=O)c3ccc(S(=O)(=O)O)cc3C2(C)CCOC)C(C)(CCCS(=O)(=O)O)c2cc(S(=O)(=O)O)ccc21. The van der Waals surface area contributed by atoms with Crippen molar-refractivity contribution in [2.75, 3.05) is 54.3 Å². The number of halogens is 1. The highest BCUT2D eigenvalue weighted by Gasteiger charge is 2.44. The maximum Gasteiger partial charge on any atom is 0.333 e. The van der Waals surface area contributed by atoms with Gasteiger partial charge in [-0.3, -0.25) is 23.2 Å². The molecule has 18 nitrogen and oxygen atoms in total. The number of methoxy groups -OCH3 is 2. The molecule has 0 bridgehead atoms. The number of hydrogen-bond acceptors (Lipinski definition) is 14. The minimum Gasteiger partial charge on any atom is -0.385 e. The van der Waals surface area contributed by atoms with Gasteiger partial charge in [0.15, 0.2) is 0 Å². The van der Waals surface area contributed by atoms with Gasteiger partial charge >= 0.3 is 5.97 Å². The Morgan fingerprint density at radius 1 is 0.774 bits per heavy atom. The van der Waals surface area contributed by atoms with Gasteiger partial charge in [-0.05, 0) is 86.2 Å². The van der Waals surface area contributed by atoms with Gasteiger partial charge in [0.05, 0.1) is 28.7 Å². The zero-order valence-electron chi connectivity index (χ0n) is 34.5. The van der Waals surface area contributed by atoms with Gasteiger partial charge in [-0.2, -0.15) is 25.3 Å². The summed E-state index contributed by atoms with van der Waals surface area (Å²) in [6, 6.07) is 8.57. The average Bonchev–Trinajstić information content (AvgIpc) is 3.63. The molecule has 2 aromatic rings. The molecule has 0 radical (unpaired) electrons. The van der Waals surface area contributed by atoms with Crippen LogP contribution in [0.25, 0.3) is 0 Å². The van der Waals surface area contributed by atoms with E-state index in [2.05, 4.69) is 3.11 Å². The van der Waals surface area contributed by atoms with Crippen LogP contribution in [0.5, 0.6) is 0 Å². The molecule has 1 saturated heterocycles. The summed E-state index contributed by atoms with van der Waals surface area (Å²) in [5, 5.41) is 0.484. The monoisotopic (exact) mass is 1040 g/mol. The lowest BCUT2D eigenvalue weighted by atomic mass is 9.75. The quantitative estimate of drug-likeness (QED) is 0.0528. The Kier molecular flexibility index (Phi) is 15.8. The van der Waals surface area contributed by atoms with Crippen molar-refractivity contribution < 1.29 is 67.6 Å². The van der Waals surface area contributed by atoms with Crippen molar-refractivity contribution in [3.63, 3.8) is 0 Å². The number of anilines is 2. The molecule has 2 aromatic carbocycles. The Labute approximate surface area is 371 Å². The van der Waals surface area contributed by atoms with Gasteiger partial charge in [-0.25, -0.2) is 4.79 Å². The number of nitrogens with zero attached hydrogens (tertiary/aromatic N) is 3. The molecule has 0 aliphatic carbocycles. The van der Waals surface area contributed by atoms with Crippen LogP contribution in [0, 0.1) is 0 Å². The number of hydroxylamine groups is 2. The molecular formula is C40H50IN3O15S3. The van der Waals surface area contributed by atoms with Crippen molar-refractivity contribution in [1.82, 2.24) is 5.06 Å². The number of hydrogen-bond donors (Lipinski definition) is 3. The molecule has 3 heterocycles. The highest BCUT2D eigenvalue weighted by molar-refractivity contribution is 14.2. The van der Waals surface area contributed by atoms with Crippen molar-refractivity contribution in [2.45, 2.75) is 79.4 Å². The normalized spacial score (nSPS) is 21.5. The molecule has 2 unspecified atom stereocenters. The highest BCUT2D eigenvalue weighted by Crippen LogP contribution is 2.51. The van der Waals surface area contributed by atoms with Crippen molar-refractivity contribution >= 4 is 84.0 Å². The Bertz CT molecular complexity index is 2530. The van der Waals surface area contributed by atoms with Crippen molar-refractivity contribution in [2.24, 2.45) is 0 Å². The molecule has 5 rings (SSSR count). The van der Waals surface area contributed by atoms with E-state index in [4.69, 9.17) is 14.3 Å². The molecule has 0 saturated carbocycles. The van der Waals surface area contributed by atoms with E-state index in [1.807, 2.05) is 30.9 Å². The van der Waals surface area contributed by atoms with Crippen LogP contribution in [-0.4, -0.2) is 112 Å². The number of imide groups is 1. The molecule has 2 atom stereocenters. The molecule has 3 aliphatic rings. The fourth-order valence-electron chi connectivity index (χ4n) is 7.65. The number of rotatable bonds is 20. The number of fused-ring (bicyclic) bond motifs is 2. The lowest BCUT2D eigenvalue weighted by Gasteiger charge is -2.40. The van der Waals surface area contributed by atoms with Gasteiger partial charge in [0.2, 0.25) is 0 Å². The molecule has 0 spiro atoms. The van der Waals surface area contributed by atoms with E-state index in [0.717, 1.165) is 3.51 Å². The van der Waals surface area contributed by atoms with E-state index >= 15 is 0 Å². The Morgan fingerprint density at radius 2 is 1.37 bits per heavy atom. The zero-order chi connectivity index (χ0) is 45.7. The summed E-state index contributed by atoms with van der Waals surface area (Å²) in [4.78, 5) is 43.0. The number of carbonyl (C=O) groups excluding carboxylic acids is 3. The molecule has 22 heteroatoms. The topological polar surface area (TPSA) is 252 Å². The molecule has 62 heavy (non-hydrogen) atoms. The summed E-state index contributed by atoms with van der Waals surface area (Å²) >= 11 is -0.983. The molecule has 1 fully saturated rings. The van der Waals surface area contributed by atoms with Gasteiger partial charge in [-0.15, -0.1) is 5.06 Å². The third-order valence-electron chi connectivity index (χ3n) is 10.9. The predicted octanol–water partition coefficient (Wildman–Crippen LogP) is 4.83. The van der Waals surface area contributed by atoms with Crippen LogP contribution in [0.15, 0.2) is 82.3 Å².